The molecule has 0 aliphatic carbocycles. The molecule has 0 aromatic carbocycles. The number of ether oxygens (including phenoxy) is 1. The highest BCUT2D eigenvalue weighted by Gasteiger charge is 2.20. The van der Waals surface area contributed by atoms with E-state index in [1.165, 1.54) is 315 Å². The number of aliphatic hydroxyl groups is 2. The first-order chi connectivity index (χ1) is 36.5. The van der Waals surface area contributed by atoms with Gasteiger partial charge >= 0.3 is 5.97 Å². The number of carbonyl (C=O) groups is 2. The Morgan fingerprint density at radius 1 is 0.365 bits per heavy atom. The summed E-state index contributed by atoms with van der Waals surface area (Å²) >= 11 is 0. The van der Waals surface area contributed by atoms with Crippen molar-refractivity contribution in [3.8, 4) is 0 Å². The van der Waals surface area contributed by atoms with Crippen molar-refractivity contribution in [3.63, 3.8) is 0 Å². The molecule has 3 N–H and O–H groups in total. The first-order valence-corrected chi connectivity index (χ1v) is 33.9. The predicted octanol–water partition coefficient (Wildman–Crippen LogP) is 21.6. The van der Waals surface area contributed by atoms with Crippen LogP contribution < -0.4 is 5.32 Å². The van der Waals surface area contributed by atoms with E-state index in [2.05, 4.69) is 31.3 Å². The topological polar surface area (TPSA) is 95.9 Å². The van der Waals surface area contributed by atoms with Crippen LogP contribution in [-0.4, -0.2) is 47.4 Å². The second-order valence-electron chi connectivity index (χ2n) is 23.5. The molecule has 6 nitrogen and oxygen atoms in total. The largest absolute Gasteiger partial charge is 0.466 e. The van der Waals surface area contributed by atoms with E-state index in [1.807, 2.05) is 0 Å². The molecule has 0 aromatic heterocycles. The third kappa shape index (κ3) is 59.8. The molecule has 2 atom stereocenters. The molecule has 6 heteroatoms. The van der Waals surface area contributed by atoms with Crippen LogP contribution in [-0.2, 0) is 14.3 Å². The van der Waals surface area contributed by atoms with Gasteiger partial charge in [0.25, 0.3) is 0 Å². The summed E-state index contributed by atoms with van der Waals surface area (Å²) in [5.41, 5.74) is 0. The standard InChI is InChI=1S/C68H133NO5/c1-3-5-7-9-11-13-15-16-17-18-32-35-38-42-46-50-54-58-62-68(73)74-63-59-55-51-47-43-39-36-33-30-28-26-24-22-20-19-21-23-25-27-29-31-34-37-41-45-49-53-57-61-67(72)69-65(64-70)66(71)60-56-52-48-44-40-14-12-10-8-6-4-2/h19-20,65-66,70-71H,3-18,21-64H2,1-2H3,(H,69,72)/b20-19-. The molecule has 0 radical (unpaired) electrons. The molecule has 1 amide bonds. The monoisotopic (exact) mass is 1040 g/mol. The first-order valence-electron chi connectivity index (χ1n) is 33.9. The summed E-state index contributed by atoms with van der Waals surface area (Å²) in [5, 5.41) is 23.2. The van der Waals surface area contributed by atoms with Crippen LogP contribution in [0.5, 0.6) is 0 Å². The number of hydrogen-bond donors (Lipinski definition) is 3. The number of carbonyl (C=O) groups excluding carboxylic acids is 2. The van der Waals surface area contributed by atoms with Crippen molar-refractivity contribution in [2.45, 2.75) is 398 Å². The van der Waals surface area contributed by atoms with Gasteiger partial charge in [0.2, 0.25) is 5.91 Å². The molecule has 0 fully saturated rings. The molecule has 0 aromatic rings. The van der Waals surface area contributed by atoms with Gasteiger partial charge in [-0.05, 0) is 51.4 Å². The SMILES string of the molecule is CCCCCCCCCCCCCCCCCCCCC(=O)OCCCCCCCCCCCCCC/C=C\CCCCCCCCCCCCCCC(=O)NC(CO)C(O)CCCCCCCCCCCCC. The fourth-order valence-electron chi connectivity index (χ4n) is 10.9. The van der Waals surface area contributed by atoms with E-state index < -0.39 is 12.1 Å². The molecule has 0 aliphatic heterocycles. The summed E-state index contributed by atoms with van der Waals surface area (Å²) in [4.78, 5) is 24.6. The van der Waals surface area contributed by atoms with Gasteiger partial charge < -0.3 is 20.3 Å². The molecule has 0 heterocycles. The lowest BCUT2D eigenvalue weighted by Gasteiger charge is -2.22. The highest BCUT2D eigenvalue weighted by molar-refractivity contribution is 5.76. The Hall–Kier alpha value is -1.40. The Morgan fingerprint density at radius 2 is 0.635 bits per heavy atom. The van der Waals surface area contributed by atoms with Gasteiger partial charge in [-0.15, -0.1) is 0 Å². The van der Waals surface area contributed by atoms with Crippen molar-refractivity contribution < 1.29 is 24.5 Å². The van der Waals surface area contributed by atoms with Crippen LogP contribution in [0.25, 0.3) is 0 Å². The lowest BCUT2D eigenvalue weighted by Crippen LogP contribution is -2.45. The molecule has 0 spiro atoms. The van der Waals surface area contributed by atoms with E-state index in [9.17, 15) is 19.8 Å². The van der Waals surface area contributed by atoms with Crippen LogP contribution in [0.4, 0.5) is 0 Å². The maximum absolute atomic E-state index is 12.5. The molecule has 0 bridgehead atoms. The molecule has 0 aliphatic rings. The van der Waals surface area contributed by atoms with Crippen molar-refractivity contribution in [2.75, 3.05) is 13.2 Å². The van der Waals surface area contributed by atoms with Crippen molar-refractivity contribution in [2.24, 2.45) is 0 Å². The fraction of sp³-hybridized carbons (Fsp3) is 0.941. The van der Waals surface area contributed by atoms with Crippen LogP contribution in [0.2, 0.25) is 0 Å². The molecule has 0 saturated carbocycles. The number of esters is 1. The van der Waals surface area contributed by atoms with Gasteiger partial charge in [-0.1, -0.05) is 334 Å². The highest BCUT2D eigenvalue weighted by atomic mass is 16.5. The van der Waals surface area contributed by atoms with Gasteiger partial charge in [-0.2, -0.15) is 0 Å². The maximum Gasteiger partial charge on any atom is 0.305 e. The number of aliphatic hydroxyl groups excluding tert-OH is 2. The van der Waals surface area contributed by atoms with E-state index in [4.69, 9.17) is 4.74 Å². The van der Waals surface area contributed by atoms with Crippen molar-refractivity contribution >= 4 is 11.9 Å². The summed E-state index contributed by atoms with van der Waals surface area (Å²) in [6.45, 7) is 4.98. The van der Waals surface area contributed by atoms with Crippen LogP contribution >= 0.6 is 0 Å². The summed E-state index contributed by atoms with van der Waals surface area (Å²) in [6, 6.07) is -0.539. The predicted molar refractivity (Wildman–Crippen MR) is 324 cm³/mol. The summed E-state index contributed by atoms with van der Waals surface area (Å²) in [5.74, 6) is -0.0129. The fourth-order valence-corrected chi connectivity index (χ4v) is 10.9. The summed E-state index contributed by atoms with van der Waals surface area (Å²) in [6.07, 6.45) is 78.3. The number of allylic oxidation sites excluding steroid dienone is 2. The minimum Gasteiger partial charge on any atom is -0.466 e. The van der Waals surface area contributed by atoms with Crippen LogP contribution in [0.15, 0.2) is 12.2 Å². The zero-order valence-corrected chi connectivity index (χ0v) is 50.4. The quantitative estimate of drug-likeness (QED) is 0.0320. The second kappa shape index (κ2) is 64.1. The average molecular weight is 1040 g/mol. The van der Waals surface area contributed by atoms with Crippen LogP contribution in [0, 0.1) is 0 Å². The first kappa shape index (κ1) is 72.6. The van der Waals surface area contributed by atoms with E-state index in [-0.39, 0.29) is 18.5 Å². The number of unbranched alkanes of at least 4 members (excludes halogenated alkanes) is 51. The van der Waals surface area contributed by atoms with Gasteiger partial charge in [0, 0.05) is 12.8 Å². The minimum absolute atomic E-state index is 0.0210. The molecule has 2 unspecified atom stereocenters. The smallest absolute Gasteiger partial charge is 0.305 e. The van der Waals surface area contributed by atoms with Gasteiger partial charge in [0.15, 0.2) is 0 Å². The van der Waals surface area contributed by atoms with Crippen molar-refractivity contribution in [1.82, 2.24) is 5.32 Å². The van der Waals surface area contributed by atoms with Crippen LogP contribution in [0.1, 0.15) is 386 Å². The minimum atomic E-state index is -0.662. The zero-order valence-electron chi connectivity index (χ0n) is 50.4. The third-order valence-corrected chi connectivity index (χ3v) is 16.1. The lowest BCUT2D eigenvalue weighted by molar-refractivity contribution is -0.143. The van der Waals surface area contributed by atoms with Crippen LogP contribution in [0.3, 0.4) is 0 Å². The Kier molecular flexibility index (Phi) is 62.9. The Labute approximate surface area is 463 Å². The zero-order chi connectivity index (χ0) is 53.6. The molecular weight excluding hydrogens is 911 g/mol. The van der Waals surface area contributed by atoms with E-state index in [0.717, 1.165) is 38.5 Å². The summed E-state index contributed by atoms with van der Waals surface area (Å²) in [7, 11) is 0. The van der Waals surface area contributed by atoms with E-state index in [1.54, 1.807) is 0 Å². The van der Waals surface area contributed by atoms with Gasteiger partial charge in [-0.25, -0.2) is 0 Å². The highest BCUT2D eigenvalue weighted by Crippen LogP contribution is 2.19. The molecular formula is C68H133NO5. The normalized spacial score (nSPS) is 12.5. The average Bonchev–Trinajstić information content (AvgIpc) is 3.40. The molecule has 440 valence electrons. The van der Waals surface area contributed by atoms with E-state index in [0.29, 0.717) is 25.9 Å². The van der Waals surface area contributed by atoms with E-state index >= 15 is 0 Å². The Bertz CT molecular complexity index is 1110. The van der Waals surface area contributed by atoms with Gasteiger partial charge in [0.1, 0.15) is 0 Å². The summed E-state index contributed by atoms with van der Waals surface area (Å²) < 4.78 is 5.51. The molecule has 74 heavy (non-hydrogen) atoms. The molecule has 0 rings (SSSR count). The Balaban J connectivity index is 3.33. The maximum atomic E-state index is 12.5. The number of amides is 1. The van der Waals surface area contributed by atoms with Gasteiger partial charge in [-0.3, -0.25) is 9.59 Å². The van der Waals surface area contributed by atoms with Crippen molar-refractivity contribution in [1.29, 1.82) is 0 Å². The number of hydrogen-bond acceptors (Lipinski definition) is 5. The lowest BCUT2D eigenvalue weighted by atomic mass is 10.0. The Morgan fingerprint density at radius 3 is 0.959 bits per heavy atom. The number of rotatable bonds is 64. The van der Waals surface area contributed by atoms with Gasteiger partial charge in [0.05, 0.1) is 25.4 Å². The number of nitrogens with one attached hydrogen (secondary N) is 1. The third-order valence-electron chi connectivity index (χ3n) is 16.1. The van der Waals surface area contributed by atoms with Crippen molar-refractivity contribution in [3.05, 3.63) is 12.2 Å². The second-order valence-corrected chi connectivity index (χ2v) is 23.5. The molecule has 0 saturated heterocycles.